The van der Waals surface area contributed by atoms with E-state index in [2.05, 4.69) is 33.9 Å². The van der Waals surface area contributed by atoms with Gasteiger partial charge in [-0.25, -0.2) is 0 Å². The highest BCUT2D eigenvalue weighted by Crippen LogP contribution is 2.25. The molecule has 154 valence electrons. The van der Waals surface area contributed by atoms with Gasteiger partial charge in [-0.1, -0.05) is 36.4 Å². The Balaban J connectivity index is 1.39. The molecule has 1 aliphatic rings. The summed E-state index contributed by atoms with van der Waals surface area (Å²) < 4.78 is 0. The maximum atomic E-state index is 13.3. The molecule has 0 aliphatic carbocycles. The SMILES string of the molecule is O=C1NCCN(C(=O)c2ccc3ncccc3c2)C1Cc1ccc(-c2cccs2)cc1. The normalized spacial score (nSPS) is 16.3. The quantitative estimate of drug-likeness (QED) is 0.532. The summed E-state index contributed by atoms with van der Waals surface area (Å²) in [5.41, 5.74) is 3.61. The van der Waals surface area contributed by atoms with Crippen molar-refractivity contribution in [2.75, 3.05) is 13.1 Å². The van der Waals surface area contributed by atoms with Crippen molar-refractivity contribution in [3.8, 4) is 10.4 Å². The highest BCUT2D eigenvalue weighted by molar-refractivity contribution is 7.13. The van der Waals surface area contributed by atoms with E-state index in [9.17, 15) is 9.59 Å². The number of carbonyl (C=O) groups excluding carboxylic acids is 2. The van der Waals surface area contributed by atoms with Crippen LogP contribution >= 0.6 is 11.3 Å². The lowest BCUT2D eigenvalue weighted by Gasteiger charge is -2.35. The van der Waals surface area contributed by atoms with Crippen molar-refractivity contribution in [2.45, 2.75) is 12.5 Å². The van der Waals surface area contributed by atoms with Gasteiger partial charge in [0.2, 0.25) is 5.91 Å². The lowest BCUT2D eigenvalue weighted by Crippen LogP contribution is -2.58. The van der Waals surface area contributed by atoms with E-state index >= 15 is 0 Å². The van der Waals surface area contributed by atoms with Crippen molar-refractivity contribution >= 4 is 34.1 Å². The minimum absolute atomic E-state index is 0.107. The maximum absolute atomic E-state index is 13.3. The first-order chi connectivity index (χ1) is 15.2. The van der Waals surface area contributed by atoms with Crippen LogP contribution in [0, 0.1) is 0 Å². The van der Waals surface area contributed by atoms with Gasteiger partial charge in [-0.2, -0.15) is 0 Å². The van der Waals surface area contributed by atoms with Crippen LogP contribution in [0.3, 0.4) is 0 Å². The Bertz CT molecular complexity index is 1240. The van der Waals surface area contributed by atoms with E-state index < -0.39 is 6.04 Å². The Morgan fingerprint density at radius 2 is 1.97 bits per heavy atom. The van der Waals surface area contributed by atoms with Gasteiger partial charge in [-0.3, -0.25) is 14.6 Å². The zero-order chi connectivity index (χ0) is 21.2. The van der Waals surface area contributed by atoms with Crippen molar-refractivity contribution in [1.29, 1.82) is 0 Å². The molecule has 1 aliphatic heterocycles. The van der Waals surface area contributed by atoms with Crippen molar-refractivity contribution in [3.05, 3.63) is 89.4 Å². The number of pyridine rings is 1. The first-order valence-electron chi connectivity index (χ1n) is 10.3. The third-order valence-corrected chi connectivity index (χ3v) is 6.55. The van der Waals surface area contributed by atoms with Crippen LogP contribution < -0.4 is 5.32 Å². The molecule has 4 aromatic rings. The largest absolute Gasteiger partial charge is 0.353 e. The van der Waals surface area contributed by atoms with Gasteiger partial charge in [-0.15, -0.1) is 11.3 Å². The van der Waals surface area contributed by atoms with E-state index in [0.717, 1.165) is 22.0 Å². The standard InChI is InChI=1S/C25H21N3O2S/c29-24-22(15-17-5-7-18(8-6-17)23-4-2-14-31-23)28(13-12-27-24)25(30)20-9-10-21-19(16-20)3-1-11-26-21/h1-11,14,16,22H,12-13,15H2,(H,27,29). The van der Waals surface area contributed by atoms with Crippen molar-refractivity contribution in [2.24, 2.45) is 0 Å². The average molecular weight is 428 g/mol. The fourth-order valence-electron chi connectivity index (χ4n) is 4.01. The highest BCUT2D eigenvalue weighted by Gasteiger charge is 2.33. The van der Waals surface area contributed by atoms with E-state index in [4.69, 9.17) is 0 Å². The van der Waals surface area contributed by atoms with Gasteiger partial charge in [0, 0.05) is 41.5 Å². The minimum Gasteiger partial charge on any atom is -0.353 e. The van der Waals surface area contributed by atoms with Crippen LogP contribution in [0.25, 0.3) is 21.3 Å². The smallest absolute Gasteiger partial charge is 0.254 e. The summed E-state index contributed by atoms with van der Waals surface area (Å²) in [5, 5.41) is 5.88. The van der Waals surface area contributed by atoms with E-state index in [1.54, 1.807) is 28.5 Å². The summed E-state index contributed by atoms with van der Waals surface area (Å²) in [6.45, 7) is 0.959. The molecule has 1 N–H and O–H groups in total. The second-order valence-corrected chi connectivity index (χ2v) is 8.54. The van der Waals surface area contributed by atoms with E-state index in [1.807, 2.05) is 42.5 Å². The zero-order valence-corrected chi connectivity index (χ0v) is 17.6. The van der Waals surface area contributed by atoms with E-state index in [1.165, 1.54) is 4.88 Å². The number of nitrogens with one attached hydrogen (secondary N) is 1. The van der Waals surface area contributed by atoms with Crippen LogP contribution in [0.2, 0.25) is 0 Å². The van der Waals surface area contributed by atoms with Crippen molar-refractivity contribution < 1.29 is 9.59 Å². The molecular weight excluding hydrogens is 406 g/mol. The molecular formula is C25H21N3O2S. The summed E-state index contributed by atoms with van der Waals surface area (Å²) in [6.07, 6.45) is 2.22. The molecule has 0 radical (unpaired) electrons. The van der Waals surface area contributed by atoms with Gasteiger partial charge < -0.3 is 10.2 Å². The van der Waals surface area contributed by atoms with Gasteiger partial charge >= 0.3 is 0 Å². The molecule has 2 amide bonds. The van der Waals surface area contributed by atoms with Crippen LogP contribution in [0.1, 0.15) is 15.9 Å². The van der Waals surface area contributed by atoms with Crippen LogP contribution in [0.4, 0.5) is 0 Å². The van der Waals surface area contributed by atoms with Gasteiger partial charge in [0.05, 0.1) is 5.52 Å². The number of hydrogen-bond donors (Lipinski definition) is 1. The summed E-state index contributed by atoms with van der Waals surface area (Å²) >= 11 is 1.70. The molecule has 0 saturated carbocycles. The number of fused-ring (bicyclic) bond motifs is 1. The number of rotatable bonds is 4. The molecule has 1 unspecified atom stereocenters. The molecule has 5 nitrogen and oxygen atoms in total. The first-order valence-corrected chi connectivity index (χ1v) is 11.1. The molecule has 1 saturated heterocycles. The van der Waals surface area contributed by atoms with Crippen molar-refractivity contribution in [3.63, 3.8) is 0 Å². The van der Waals surface area contributed by atoms with Crippen LogP contribution in [-0.4, -0.2) is 40.8 Å². The molecule has 3 heterocycles. The van der Waals surface area contributed by atoms with Gasteiger partial charge in [0.25, 0.3) is 5.91 Å². The predicted molar refractivity (Wildman–Crippen MR) is 123 cm³/mol. The summed E-state index contributed by atoms with van der Waals surface area (Å²) in [7, 11) is 0. The zero-order valence-electron chi connectivity index (χ0n) is 16.8. The number of piperazine rings is 1. The molecule has 6 heteroatoms. The lowest BCUT2D eigenvalue weighted by molar-refractivity contribution is -0.127. The summed E-state index contributed by atoms with van der Waals surface area (Å²) in [6, 6.07) is 21.1. The monoisotopic (exact) mass is 427 g/mol. The number of hydrogen-bond acceptors (Lipinski definition) is 4. The minimum atomic E-state index is -0.529. The summed E-state index contributed by atoms with van der Waals surface area (Å²) in [4.78, 5) is 33.2. The van der Waals surface area contributed by atoms with Gasteiger partial charge in [0.15, 0.2) is 0 Å². The second kappa shape index (κ2) is 8.32. The molecule has 2 aromatic carbocycles. The number of carbonyl (C=O) groups is 2. The number of aromatic nitrogens is 1. The molecule has 31 heavy (non-hydrogen) atoms. The average Bonchev–Trinajstić information content (AvgIpc) is 3.35. The number of thiophene rings is 1. The number of nitrogens with zero attached hydrogens (tertiary/aromatic N) is 2. The maximum Gasteiger partial charge on any atom is 0.254 e. The summed E-state index contributed by atoms with van der Waals surface area (Å²) in [5.74, 6) is -0.231. The Morgan fingerprint density at radius 3 is 2.77 bits per heavy atom. The third kappa shape index (κ3) is 3.94. The van der Waals surface area contributed by atoms with Crippen molar-refractivity contribution in [1.82, 2.24) is 15.2 Å². The Kier molecular flexibility index (Phi) is 5.22. The van der Waals surface area contributed by atoms with Crippen LogP contribution in [-0.2, 0) is 11.2 Å². The van der Waals surface area contributed by atoms with E-state index in [0.29, 0.717) is 25.1 Å². The third-order valence-electron chi connectivity index (χ3n) is 5.63. The Morgan fingerprint density at radius 1 is 1.10 bits per heavy atom. The topological polar surface area (TPSA) is 62.3 Å². The number of amides is 2. The van der Waals surface area contributed by atoms with Crippen LogP contribution in [0.5, 0.6) is 0 Å². The number of benzene rings is 2. The second-order valence-electron chi connectivity index (χ2n) is 7.59. The molecule has 2 aromatic heterocycles. The van der Waals surface area contributed by atoms with Gasteiger partial charge in [0.1, 0.15) is 6.04 Å². The van der Waals surface area contributed by atoms with E-state index in [-0.39, 0.29) is 11.8 Å². The Hall–Kier alpha value is -3.51. The Labute approximate surface area is 184 Å². The fourth-order valence-corrected chi connectivity index (χ4v) is 4.74. The molecule has 0 spiro atoms. The molecule has 1 fully saturated rings. The molecule has 5 rings (SSSR count). The highest BCUT2D eigenvalue weighted by atomic mass is 32.1. The first kappa shape index (κ1) is 19.5. The molecule has 0 bridgehead atoms. The molecule has 1 atom stereocenters. The lowest BCUT2D eigenvalue weighted by atomic mass is 9.99. The van der Waals surface area contributed by atoms with Crippen LogP contribution in [0.15, 0.2) is 78.3 Å². The van der Waals surface area contributed by atoms with Gasteiger partial charge in [-0.05, 0) is 46.8 Å². The predicted octanol–water partition coefficient (Wildman–Crippen LogP) is 4.15. The fraction of sp³-hybridized carbons (Fsp3) is 0.160.